The second-order valence-corrected chi connectivity index (χ2v) is 8.53. The van der Waals surface area contributed by atoms with Crippen molar-refractivity contribution in [2.75, 3.05) is 36.0 Å². The fourth-order valence-electron chi connectivity index (χ4n) is 4.53. The predicted molar refractivity (Wildman–Crippen MR) is 127 cm³/mol. The molecule has 1 fully saturated rings. The Morgan fingerprint density at radius 2 is 1.74 bits per heavy atom. The number of carboxylic acid groups (broad SMARTS) is 1. The van der Waals surface area contributed by atoms with E-state index in [2.05, 4.69) is 9.88 Å². The lowest BCUT2D eigenvalue weighted by molar-refractivity contribution is 0.0695. The van der Waals surface area contributed by atoms with E-state index >= 15 is 4.39 Å². The van der Waals surface area contributed by atoms with Gasteiger partial charge in [0.15, 0.2) is 0 Å². The molecule has 5 rings (SSSR count). The molecule has 174 valence electrons. The zero-order chi connectivity index (χ0) is 24.1. The van der Waals surface area contributed by atoms with Crippen LogP contribution < -0.4 is 15.2 Å². The van der Waals surface area contributed by atoms with Crippen LogP contribution >= 0.6 is 0 Å². The van der Waals surface area contributed by atoms with Crippen LogP contribution in [0.25, 0.3) is 21.8 Å². The van der Waals surface area contributed by atoms with Gasteiger partial charge in [0.2, 0.25) is 5.43 Å². The van der Waals surface area contributed by atoms with Gasteiger partial charge in [-0.1, -0.05) is 6.07 Å². The Labute approximate surface area is 193 Å². The number of hydrogen-bond acceptors (Lipinski definition) is 5. The van der Waals surface area contributed by atoms with Gasteiger partial charge in [0.1, 0.15) is 17.2 Å². The van der Waals surface area contributed by atoms with Crippen molar-refractivity contribution in [2.45, 2.75) is 6.92 Å². The summed E-state index contributed by atoms with van der Waals surface area (Å²) >= 11 is 0. The number of fused-ring (bicyclic) bond motifs is 3. The van der Waals surface area contributed by atoms with Gasteiger partial charge in [0.25, 0.3) is 0 Å². The summed E-state index contributed by atoms with van der Waals surface area (Å²) < 4.78 is 30.7. The van der Waals surface area contributed by atoms with Crippen LogP contribution in [0, 0.1) is 18.6 Å². The maximum absolute atomic E-state index is 15.3. The number of aromatic nitrogens is 2. The van der Waals surface area contributed by atoms with Gasteiger partial charge in [-0.25, -0.2) is 13.6 Å². The third-order valence-corrected chi connectivity index (χ3v) is 6.46. The molecule has 2 aromatic carbocycles. The highest BCUT2D eigenvalue weighted by molar-refractivity contribution is 6.07. The maximum Gasteiger partial charge on any atom is 0.341 e. The first-order valence-corrected chi connectivity index (χ1v) is 10.9. The summed E-state index contributed by atoms with van der Waals surface area (Å²) in [5.41, 5.74) is 1.53. The van der Waals surface area contributed by atoms with Gasteiger partial charge in [-0.3, -0.25) is 9.78 Å². The summed E-state index contributed by atoms with van der Waals surface area (Å²) in [6.45, 7) is 3.95. The van der Waals surface area contributed by atoms with Gasteiger partial charge < -0.3 is 19.5 Å². The summed E-state index contributed by atoms with van der Waals surface area (Å²) in [7, 11) is 1.62. The Morgan fingerprint density at radius 3 is 2.41 bits per heavy atom. The number of aromatic carboxylic acids is 1. The molecule has 0 unspecified atom stereocenters. The van der Waals surface area contributed by atoms with E-state index in [4.69, 9.17) is 0 Å². The van der Waals surface area contributed by atoms with Crippen molar-refractivity contribution >= 4 is 39.1 Å². The molecule has 0 saturated carbocycles. The van der Waals surface area contributed by atoms with Gasteiger partial charge in [0, 0.05) is 50.5 Å². The van der Waals surface area contributed by atoms with Crippen LogP contribution in [0.15, 0.2) is 47.5 Å². The van der Waals surface area contributed by atoms with Gasteiger partial charge >= 0.3 is 5.97 Å². The zero-order valence-electron chi connectivity index (χ0n) is 18.7. The lowest BCUT2D eigenvalue weighted by Gasteiger charge is -2.37. The molecular weight excluding hydrogens is 442 g/mol. The van der Waals surface area contributed by atoms with Gasteiger partial charge in [-0.2, -0.15) is 0 Å². The summed E-state index contributed by atoms with van der Waals surface area (Å²) in [6, 6.07) is 8.00. The van der Waals surface area contributed by atoms with E-state index in [9.17, 15) is 19.1 Å². The second-order valence-electron chi connectivity index (χ2n) is 8.53. The number of aryl methyl sites for hydroxylation is 2. The molecule has 0 spiro atoms. The van der Waals surface area contributed by atoms with E-state index < -0.39 is 17.2 Å². The highest BCUT2D eigenvalue weighted by Crippen LogP contribution is 2.30. The van der Waals surface area contributed by atoms with Crippen LogP contribution in [0.3, 0.4) is 0 Å². The number of anilines is 2. The Bertz CT molecular complexity index is 1520. The summed E-state index contributed by atoms with van der Waals surface area (Å²) in [5.74, 6) is -2.11. The molecule has 0 radical (unpaired) electrons. The molecule has 0 amide bonds. The first kappa shape index (κ1) is 21.8. The van der Waals surface area contributed by atoms with Gasteiger partial charge in [0.05, 0.1) is 28.3 Å². The smallest absolute Gasteiger partial charge is 0.341 e. The van der Waals surface area contributed by atoms with Crippen molar-refractivity contribution in [3.05, 3.63) is 75.7 Å². The largest absolute Gasteiger partial charge is 0.477 e. The second kappa shape index (κ2) is 8.09. The number of halogens is 2. The summed E-state index contributed by atoms with van der Waals surface area (Å²) in [4.78, 5) is 32.7. The first-order valence-electron chi connectivity index (χ1n) is 10.9. The van der Waals surface area contributed by atoms with Crippen molar-refractivity contribution in [3.8, 4) is 0 Å². The van der Waals surface area contributed by atoms with Crippen LogP contribution in [0.4, 0.5) is 20.2 Å². The molecule has 7 nitrogen and oxygen atoms in total. The Balaban J connectivity index is 1.50. The normalized spacial score (nSPS) is 14.2. The third-order valence-electron chi connectivity index (χ3n) is 6.46. The molecule has 0 aliphatic carbocycles. The highest BCUT2D eigenvalue weighted by atomic mass is 19.1. The van der Waals surface area contributed by atoms with E-state index in [1.54, 1.807) is 26.1 Å². The lowest BCUT2D eigenvalue weighted by atomic mass is 10.1. The molecular formula is C25H22F2N4O3. The van der Waals surface area contributed by atoms with Crippen molar-refractivity contribution in [2.24, 2.45) is 7.05 Å². The van der Waals surface area contributed by atoms with Crippen molar-refractivity contribution in [1.29, 1.82) is 0 Å². The number of carboxylic acids is 1. The molecule has 1 saturated heterocycles. The van der Waals surface area contributed by atoms with E-state index in [-0.39, 0.29) is 22.2 Å². The van der Waals surface area contributed by atoms with Crippen LogP contribution in [0.5, 0.6) is 0 Å². The third kappa shape index (κ3) is 3.53. The van der Waals surface area contributed by atoms with Crippen LogP contribution in [0.1, 0.15) is 15.9 Å². The minimum Gasteiger partial charge on any atom is -0.477 e. The average molecular weight is 464 g/mol. The molecule has 2 aromatic heterocycles. The van der Waals surface area contributed by atoms with Crippen molar-refractivity contribution in [3.63, 3.8) is 0 Å². The maximum atomic E-state index is 15.3. The lowest BCUT2D eigenvalue weighted by Crippen LogP contribution is -2.46. The molecule has 3 heterocycles. The Hall–Kier alpha value is -4.01. The van der Waals surface area contributed by atoms with E-state index in [1.165, 1.54) is 29.1 Å². The number of benzene rings is 2. The van der Waals surface area contributed by atoms with E-state index in [1.807, 2.05) is 11.0 Å². The molecule has 1 aliphatic rings. The number of rotatable bonds is 3. The number of hydrogen-bond donors (Lipinski definition) is 1. The SMILES string of the molecule is Cc1ccc(N2CCN(c3cc4ncc5c(c(=O)c(C(=O)O)cn5C)c4cc3F)CC2)cc1F. The fraction of sp³-hybridized carbons (Fsp3) is 0.240. The number of nitrogens with zero attached hydrogens (tertiary/aromatic N) is 4. The monoisotopic (exact) mass is 464 g/mol. The van der Waals surface area contributed by atoms with Crippen LogP contribution in [-0.4, -0.2) is 46.8 Å². The number of carbonyl (C=O) groups is 1. The first-order chi connectivity index (χ1) is 16.2. The molecule has 0 atom stereocenters. The van der Waals surface area contributed by atoms with Crippen molar-refractivity contribution in [1.82, 2.24) is 9.55 Å². The topological polar surface area (TPSA) is 78.7 Å². The Kier molecular flexibility index (Phi) is 5.19. The van der Waals surface area contributed by atoms with Gasteiger partial charge in [-0.15, -0.1) is 0 Å². The Morgan fingerprint density at radius 1 is 1.03 bits per heavy atom. The minimum absolute atomic E-state index is 0.129. The number of pyridine rings is 2. The summed E-state index contributed by atoms with van der Waals surface area (Å²) in [6.07, 6.45) is 2.74. The molecule has 0 bridgehead atoms. The zero-order valence-corrected chi connectivity index (χ0v) is 18.7. The average Bonchev–Trinajstić information content (AvgIpc) is 2.82. The highest BCUT2D eigenvalue weighted by Gasteiger charge is 2.23. The van der Waals surface area contributed by atoms with E-state index in [0.29, 0.717) is 48.5 Å². The van der Waals surface area contributed by atoms with Crippen LogP contribution in [-0.2, 0) is 7.05 Å². The van der Waals surface area contributed by atoms with Gasteiger partial charge in [-0.05, 0) is 36.8 Å². The molecule has 9 heteroatoms. The van der Waals surface area contributed by atoms with Crippen molar-refractivity contribution < 1.29 is 18.7 Å². The van der Waals surface area contributed by atoms with Crippen LogP contribution in [0.2, 0.25) is 0 Å². The standard InChI is InChI=1S/C25H22F2N4O3/c1-14-3-4-15(9-18(14)26)30-5-7-31(8-6-30)21-11-20-16(10-19(21)27)23-22(12-28-20)29(2)13-17(24(23)32)25(33)34/h3-4,9-13H,5-8H2,1-2H3,(H,33,34). The number of piperazine rings is 1. The predicted octanol–water partition coefficient (Wildman–Crippen LogP) is 3.70. The summed E-state index contributed by atoms with van der Waals surface area (Å²) in [5, 5.41) is 9.79. The molecule has 34 heavy (non-hydrogen) atoms. The fourth-order valence-corrected chi connectivity index (χ4v) is 4.53. The molecule has 1 N–H and O–H groups in total. The van der Waals surface area contributed by atoms with E-state index in [0.717, 1.165) is 5.69 Å². The minimum atomic E-state index is -1.34. The molecule has 1 aliphatic heterocycles. The quantitative estimate of drug-likeness (QED) is 0.466. The molecule has 4 aromatic rings.